The van der Waals surface area contributed by atoms with E-state index in [2.05, 4.69) is 0 Å². The normalized spacial score (nSPS) is 13.1. The largest absolute Gasteiger partial charge is 0.612 e. The van der Waals surface area contributed by atoms with E-state index in [4.69, 9.17) is 4.74 Å². The fraction of sp³-hybridized carbons (Fsp3) is 0.333. The molecule has 3 heteroatoms. The van der Waals surface area contributed by atoms with Gasteiger partial charge in [0.05, 0.1) is 12.9 Å². The molecule has 0 heterocycles. The number of benzene rings is 1. The summed E-state index contributed by atoms with van der Waals surface area (Å²) in [4.78, 5) is 0. The van der Waals surface area contributed by atoms with Crippen molar-refractivity contribution in [1.29, 1.82) is 0 Å². The zero-order valence-electron chi connectivity index (χ0n) is 9.32. The summed E-state index contributed by atoms with van der Waals surface area (Å²) in [6, 6.07) is 5.95. The first-order valence-electron chi connectivity index (χ1n) is 4.87. The van der Waals surface area contributed by atoms with E-state index < -0.39 is 11.2 Å². The molecule has 0 aromatic heterocycles. The lowest BCUT2D eigenvalue weighted by molar-refractivity contribution is 0.338. The van der Waals surface area contributed by atoms with E-state index in [9.17, 15) is 4.55 Å². The topological polar surface area (TPSA) is 32.3 Å². The molecule has 1 unspecified atom stereocenters. The minimum Gasteiger partial charge on any atom is -0.612 e. The molecule has 0 aliphatic heterocycles. The van der Waals surface area contributed by atoms with E-state index in [1.54, 1.807) is 11.7 Å². The molecule has 1 aromatic rings. The van der Waals surface area contributed by atoms with Gasteiger partial charge in [0, 0.05) is 0 Å². The second kappa shape index (κ2) is 5.83. The number of aryl methyl sites for hydroxylation is 1. The van der Waals surface area contributed by atoms with Crippen molar-refractivity contribution in [3.05, 3.63) is 34.7 Å². The minimum absolute atomic E-state index is 0.660. The third kappa shape index (κ3) is 3.98. The third-order valence-electron chi connectivity index (χ3n) is 1.96. The van der Waals surface area contributed by atoms with Crippen LogP contribution in [0.4, 0.5) is 0 Å². The van der Waals surface area contributed by atoms with Gasteiger partial charge in [0.25, 0.3) is 0 Å². The molecule has 82 valence electrons. The van der Waals surface area contributed by atoms with Crippen molar-refractivity contribution in [1.82, 2.24) is 0 Å². The Morgan fingerprint density at radius 1 is 1.47 bits per heavy atom. The zero-order valence-corrected chi connectivity index (χ0v) is 10.1. The standard InChI is InChI=1S/C12H16O2S/c1-4-14-12-9-11(6-5-10(12)2)7-8-15(3)13/h5-9H,4H2,1-3H3/b8-7+. The molecule has 0 bridgehead atoms. The van der Waals surface area contributed by atoms with Gasteiger partial charge in [-0.25, -0.2) is 0 Å². The summed E-state index contributed by atoms with van der Waals surface area (Å²) in [6.07, 6.45) is 3.49. The van der Waals surface area contributed by atoms with E-state index in [1.165, 1.54) is 0 Å². The molecule has 15 heavy (non-hydrogen) atoms. The SMILES string of the molecule is CCOc1cc(/C=C/[S+](C)[O-])ccc1C. The van der Waals surface area contributed by atoms with Gasteiger partial charge in [-0.2, -0.15) is 0 Å². The highest BCUT2D eigenvalue weighted by atomic mass is 32.2. The molecule has 0 saturated carbocycles. The molecule has 0 fully saturated rings. The summed E-state index contributed by atoms with van der Waals surface area (Å²) in [5, 5.41) is 1.67. The molecular weight excluding hydrogens is 208 g/mol. The molecule has 0 spiro atoms. The van der Waals surface area contributed by atoms with Crippen LogP contribution in [0.15, 0.2) is 23.6 Å². The average molecular weight is 224 g/mol. The fourth-order valence-corrected chi connectivity index (χ4v) is 1.55. The van der Waals surface area contributed by atoms with Crippen LogP contribution >= 0.6 is 0 Å². The van der Waals surface area contributed by atoms with E-state index in [-0.39, 0.29) is 0 Å². The van der Waals surface area contributed by atoms with Crippen LogP contribution < -0.4 is 4.74 Å². The van der Waals surface area contributed by atoms with Crippen LogP contribution in [0.2, 0.25) is 0 Å². The Labute approximate surface area is 94.1 Å². The summed E-state index contributed by atoms with van der Waals surface area (Å²) >= 11 is -0.903. The van der Waals surface area contributed by atoms with Gasteiger partial charge in [-0.3, -0.25) is 0 Å². The maximum atomic E-state index is 10.9. The van der Waals surface area contributed by atoms with Crippen molar-refractivity contribution in [3.63, 3.8) is 0 Å². The maximum Gasteiger partial charge on any atom is 0.122 e. The smallest absolute Gasteiger partial charge is 0.122 e. The zero-order chi connectivity index (χ0) is 11.3. The lowest BCUT2D eigenvalue weighted by Crippen LogP contribution is -1.94. The average Bonchev–Trinajstić information content (AvgIpc) is 2.19. The molecule has 1 atom stereocenters. The second-order valence-corrected chi connectivity index (χ2v) is 4.53. The van der Waals surface area contributed by atoms with Crippen molar-refractivity contribution >= 4 is 17.3 Å². The first-order chi connectivity index (χ1) is 7.13. The van der Waals surface area contributed by atoms with Crippen molar-refractivity contribution in [2.45, 2.75) is 13.8 Å². The lowest BCUT2D eigenvalue weighted by Gasteiger charge is -2.07. The van der Waals surface area contributed by atoms with Gasteiger partial charge < -0.3 is 9.29 Å². The number of hydrogen-bond acceptors (Lipinski definition) is 2. The molecule has 0 aliphatic carbocycles. The van der Waals surface area contributed by atoms with Gasteiger partial charge in [-0.15, -0.1) is 0 Å². The first-order valence-corrected chi connectivity index (χ1v) is 6.49. The van der Waals surface area contributed by atoms with Crippen LogP contribution in [0.1, 0.15) is 18.1 Å². The van der Waals surface area contributed by atoms with Crippen molar-refractivity contribution < 1.29 is 9.29 Å². The molecule has 1 rings (SSSR count). The highest BCUT2D eigenvalue weighted by Crippen LogP contribution is 2.20. The van der Waals surface area contributed by atoms with E-state index >= 15 is 0 Å². The van der Waals surface area contributed by atoms with Crippen LogP contribution in [0, 0.1) is 6.92 Å². The van der Waals surface area contributed by atoms with Gasteiger partial charge in [-0.1, -0.05) is 12.1 Å². The molecule has 2 nitrogen and oxygen atoms in total. The molecule has 0 radical (unpaired) electrons. The van der Waals surface area contributed by atoms with Crippen LogP contribution in [0.5, 0.6) is 5.75 Å². The highest BCUT2D eigenvalue weighted by molar-refractivity contribution is 7.93. The Balaban J connectivity index is 2.87. The summed E-state index contributed by atoms with van der Waals surface area (Å²) in [6.45, 7) is 4.63. The number of rotatable bonds is 4. The van der Waals surface area contributed by atoms with E-state index in [1.807, 2.05) is 38.1 Å². The van der Waals surface area contributed by atoms with Gasteiger partial charge in [0.2, 0.25) is 0 Å². The molecular formula is C12H16O2S. The summed E-state index contributed by atoms with van der Waals surface area (Å²) in [5.41, 5.74) is 2.13. The van der Waals surface area contributed by atoms with Gasteiger partial charge in [0.1, 0.15) is 11.2 Å². The van der Waals surface area contributed by atoms with Gasteiger partial charge >= 0.3 is 0 Å². The summed E-state index contributed by atoms with van der Waals surface area (Å²) < 4.78 is 16.4. The Bertz CT molecular complexity index is 345. The summed E-state index contributed by atoms with van der Waals surface area (Å²) in [7, 11) is 0. The van der Waals surface area contributed by atoms with E-state index in [0.717, 1.165) is 16.9 Å². The Morgan fingerprint density at radius 3 is 2.80 bits per heavy atom. The Kier molecular flexibility index (Phi) is 4.72. The Hall–Kier alpha value is -0.930. The summed E-state index contributed by atoms with van der Waals surface area (Å²) in [5.74, 6) is 0.890. The van der Waals surface area contributed by atoms with Gasteiger partial charge in [0.15, 0.2) is 0 Å². The van der Waals surface area contributed by atoms with Gasteiger partial charge in [-0.05, 0) is 48.3 Å². The van der Waals surface area contributed by atoms with E-state index in [0.29, 0.717) is 6.61 Å². The van der Waals surface area contributed by atoms with Crippen molar-refractivity contribution in [3.8, 4) is 5.75 Å². The minimum atomic E-state index is -0.903. The number of ether oxygens (including phenoxy) is 1. The fourth-order valence-electron chi connectivity index (χ4n) is 1.21. The Morgan fingerprint density at radius 2 is 2.20 bits per heavy atom. The van der Waals surface area contributed by atoms with Crippen LogP contribution in [0.3, 0.4) is 0 Å². The molecule has 1 aromatic carbocycles. The van der Waals surface area contributed by atoms with Crippen molar-refractivity contribution in [2.75, 3.05) is 12.9 Å². The second-order valence-electron chi connectivity index (χ2n) is 3.26. The van der Waals surface area contributed by atoms with Crippen LogP contribution in [0.25, 0.3) is 6.08 Å². The third-order valence-corrected chi connectivity index (χ3v) is 2.48. The first kappa shape index (κ1) is 12.1. The molecule has 0 aliphatic rings. The molecule has 0 N–H and O–H groups in total. The lowest BCUT2D eigenvalue weighted by atomic mass is 10.1. The quantitative estimate of drug-likeness (QED) is 0.737. The number of hydrogen-bond donors (Lipinski definition) is 0. The molecule has 0 amide bonds. The monoisotopic (exact) mass is 224 g/mol. The van der Waals surface area contributed by atoms with Crippen molar-refractivity contribution in [2.24, 2.45) is 0 Å². The maximum absolute atomic E-state index is 10.9. The predicted molar refractivity (Wildman–Crippen MR) is 65.4 cm³/mol. The highest BCUT2D eigenvalue weighted by Gasteiger charge is 1.99. The predicted octanol–water partition coefficient (Wildman–Crippen LogP) is 2.74. The van der Waals surface area contributed by atoms with Crippen LogP contribution in [-0.4, -0.2) is 17.4 Å². The van der Waals surface area contributed by atoms with Crippen LogP contribution in [-0.2, 0) is 11.2 Å². The molecule has 0 saturated heterocycles.